The van der Waals surface area contributed by atoms with Gasteiger partial charge in [-0.3, -0.25) is 0 Å². The van der Waals surface area contributed by atoms with Crippen molar-refractivity contribution in [3.8, 4) is 44.5 Å². The maximum Gasteiger partial charge on any atom is 0.0546 e. The van der Waals surface area contributed by atoms with Crippen molar-refractivity contribution in [1.82, 2.24) is 0 Å². The van der Waals surface area contributed by atoms with Gasteiger partial charge < -0.3 is 4.90 Å². The van der Waals surface area contributed by atoms with Gasteiger partial charge in [0.05, 0.1) is 11.4 Å². The van der Waals surface area contributed by atoms with Gasteiger partial charge in [0.1, 0.15) is 0 Å². The van der Waals surface area contributed by atoms with Gasteiger partial charge in [0.2, 0.25) is 0 Å². The lowest BCUT2D eigenvalue weighted by Gasteiger charge is -2.31. The summed E-state index contributed by atoms with van der Waals surface area (Å²) in [4.78, 5) is 2.48. The van der Waals surface area contributed by atoms with Gasteiger partial charge >= 0.3 is 0 Å². The molecule has 0 aliphatic heterocycles. The molecule has 9 aromatic carbocycles. The third-order valence-electron chi connectivity index (χ3n) is 11.3. The summed E-state index contributed by atoms with van der Waals surface area (Å²) in [6, 6.07) is 75.3. The molecule has 1 aliphatic rings. The number of anilines is 3. The number of allylic oxidation sites excluding steroid dienone is 4. The van der Waals surface area contributed by atoms with E-state index in [4.69, 9.17) is 0 Å². The molecule has 0 unspecified atom stereocenters. The minimum Gasteiger partial charge on any atom is -0.309 e. The Hall–Kier alpha value is -7.22. The normalized spacial score (nSPS) is 12.5. The molecule has 0 heterocycles. The predicted molar refractivity (Wildman–Crippen MR) is 244 cm³/mol. The van der Waals surface area contributed by atoms with Crippen LogP contribution in [0.5, 0.6) is 0 Å². The van der Waals surface area contributed by atoms with Gasteiger partial charge in [-0.05, 0) is 109 Å². The molecule has 0 radical (unpaired) electrons. The van der Waals surface area contributed by atoms with Gasteiger partial charge in [0, 0.05) is 16.8 Å². The second-order valence-electron chi connectivity index (χ2n) is 14.7. The Balaban J connectivity index is 1.30. The Morgan fingerprint density at radius 2 is 0.947 bits per heavy atom. The zero-order valence-corrected chi connectivity index (χ0v) is 31.7. The van der Waals surface area contributed by atoms with Crippen molar-refractivity contribution in [2.75, 3.05) is 4.90 Å². The lowest BCUT2D eigenvalue weighted by Crippen LogP contribution is -2.13. The minimum atomic E-state index is 1.01. The fourth-order valence-electron chi connectivity index (χ4n) is 8.55. The van der Waals surface area contributed by atoms with Crippen LogP contribution in [-0.4, -0.2) is 0 Å². The van der Waals surface area contributed by atoms with Crippen molar-refractivity contribution in [3.63, 3.8) is 0 Å². The summed E-state index contributed by atoms with van der Waals surface area (Å²) < 4.78 is 0. The van der Waals surface area contributed by atoms with E-state index in [0.29, 0.717) is 0 Å². The van der Waals surface area contributed by atoms with Crippen LogP contribution in [0.15, 0.2) is 224 Å². The summed E-state index contributed by atoms with van der Waals surface area (Å²) >= 11 is 0. The van der Waals surface area contributed by atoms with Crippen LogP contribution in [0.1, 0.15) is 18.4 Å². The summed E-state index contributed by atoms with van der Waals surface area (Å²) in [6.45, 7) is 0. The minimum absolute atomic E-state index is 1.01. The molecule has 270 valence electrons. The third-order valence-corrected chi connectivity index (χ3v) is 11.3. The van der Waals surface area contributed by atoms with E-state index < -0.39 is 0 Å². The highest BCUT2D eigenvalue weighted by Crippen LogP contribution is 2.49. The highest BCUT2D eigenvalue weighted by atomic mass is 15.1. The van der Waals surface area contributed by atoms with Crippen molar-refractivity contribution >= 4 is 44.2 Å². The van der Waals surface area contributed by atoms with Gasteiger partial charge in [0.15, 0.2) is 0 Å². The average molecular weight is 728 g/mol. The molecule has 1 heteroatoms. The van der Waals surface area contributed by atoms with Gasteiger partial charge in [-0.25, -0.2) is 0 Å². The van der Waals surface area contributed by atoms with E-state index in [9.17, 15) is 0 Å². The summed E-state index contributed by atoms with van der Waals surface area (Å²) in [5.41, 5.74) is 15.4. The maximum absolute atomic E-state index is 2.48. The standard InChI is InChI=1S/C56H41N/c1-5-18-40(19-6-1)41-34-36-47(37-35-41)57(54-31-16-15-28-48(54)42-20-7-2-8-21-42)55-39-51(43-22-9-3-10-23-43)53(38-52(55)44-24-11-4-12-25-44)50-30-17-27-46-33-32-45-26-13-14-29-49(45)56(46)50/h1-2,4-9,11-39H,3,10H2. The summed E-state index contributed by atoms with van der Waals surface area (Å²) in [5.74, 6) is 0. The number of benzene rings is 9. The molecule has 0 aromatic heterocycles. The zero-order valence-electron chi connectivity index (χ0n) is 31.7. The lowest BCUT2D eigenvalue weighted by atomic mass is 9.85. The fraction of sp³-hybridized carbons (Fsp3) is 0.0357. The Kier molecular flexibility index (Phi) is 9.10. The van der Waals surface area contributed by atoms with E-state index in [1.165, 1.54) is 77.2 Å². The molecule has 0 amide bonds. The Morgan fingerprint density at radius 3 is 1.68 bits per heavy atom. The Bertz CT molecular complexity index is 2920. The van der Waals surface area contributed by atoms with Crippen molar-refractivity contribution in [1.29, 1.82) is 0 Å². The number of rotatable bonds is 8. The van der Waals surface area contributed by atoms with Crippen LogP contribution < -0.4 is 4.90 Å². The van der Waals surface area contributed by atoms with Crippen LogP contribution in [0, 0.1) is 0 Å². The molecule has 0 atom stereocenters. The molecule has 1 aliphatic carbocycles. The van der Waals surface area contributed by atoms with Gasteiger partial charge in [-0.1, -0.05) is 194 Å². The molecule has 1 nitrogen and oxygen atoms in total. The number of hydrogen-bond donors (Lipinski definition) is 0. The molecule has 10 rings (SSSR count). The van der Waals surface area contributed by atoms with Crippen LogP contribution in [0.2, 0.25) is 0 Å². The van der Waals surface area contributed by atoms with E-state index in [-0.39, 0.29) is 0 Å². The first-order valence-electron chi connectivity index (χ1n) is 19.9. The number of fused-ring (bicyclic) bond motifs is 3. The summed E-state index contributed by atoms with van der Waals surface area (Å²) in [7, 11) is 0. The van der Waals surface area contributed by atoms with E-state index >= 15 is 0 Å². The van der Waals surface area contributed by atoms with Gasteiger partial charge in [0.25, 0.3) is 0 Å². The zero-order chi connectivity index (χ0) is 38.0. The molecule has 0 bridgehead atoms. The van der Waals surface area contributed by atoms with Gasteiger partial charge in [-0.15, -0.1) is 0 Å². The molecule has 9 aromatic rings. The highest BCUT2D eigenvalue weighted by molar-refractivity contribution is 6.16. The smallest absolute Gasteiger partial charge is 0.0546 e. The topological polar surface area (TPSA) is 3.24 Å². The van der Waals surface area contributed by atoms with Crippen molar-refractivity contribution < 1.29 is 0 Å². The van der Waals surface area contributed by atoms with E-state index in [0.717, 1.165) is 29.9 Å². The van der Waals surface area contributed by atoms with E-state index in [2.05, 4.69) is 229 Å². The monoisotopic (exact) mass is 727 g/mol. The third kappa shape index (κ3) is 6.54. The number of hydrogen-bond acceptors (Lipinski definition) is 1. The van der Waals surface area contributed by atoms with E-state index in [1.54, 1.807) is 0 Å². The fourth-order valence-corrected chi connectivity index (χ4v) is 8.55. The van der Waals surface area contributed by atoms with Gasteiger partial charge in [-0.2, -0.15) is 0 Å². The Morgan fingerprint density at radius 1 is 0.351 bits per heavy atom. The average Bonchev–Trinajstić information content (AvgIpc) is 3.30. The van der Waals surface area contributed by atoms with Crippen LogP contribution in [0.3, 0.4) is 0 Å². The number of nitrogens with zero attached hydrogens (tertiary/aromatic N) is 1. The summed E-state index contributed by atoms with van der Waals surface area (Å²) in [6.07, 6.45) is 9.14. The highest BCUT2D eigenvalue weighted by Gasteiger charge is 2.25. The molecule has 0 saturated carbocycles. The first kappa shape index (κ1) is 34.3. The van der Waals surface area contributed by atoms with Crippen LogP contribution in [-0.2, 0) is 0 Å². The SMILES string of the molecule is C1=CC(c2cc(N(c3ccc(-c4ccccc4)cc3)c3ccccc3-c3ccccc3)c(-c3ccccc3)cc2-c2cccc3ccc4ccccc4c23)=CCC1. The Labute approximate surface area is 335 Å². The van der Waals surface area contributed by atoms with E-state index in [1.807, 2.05) is 0 Å². The van der Waals surface area contributed by atoms with Crippen molar-refractivity contribution in [2.45, 2.75) is 12.8 Å². The number of para-hydroxylation sites is 1. The molecule has 0 fully saturated rings. The van der Waals surface area contributed by atoms with Crippen molar-refractivity contribution in [2.24, 2.45) is 0 Å². The largest absolute Gasteiger partial charge is 0.309 e. The molecular formula is C56H41N. The molecule has 0 spiro atoms. The second kappa shape index (κ2) is 15.1. The van der Waals surface area contributed by atoms with Crippen LogP contribution >= 0.6 is 0 Å². The lowest BCUT2D eigenvalue weighted by molar-refractivity contribution is 1.04. The second-order valence-corrected chi connectivity index (χ2v) is 14.7. The molecule has 0 N–H and O–H groups in total. The predicted octanol–water partition coefficient (Wildman–Crippen LogP) is 15.9. The molecular weight excluding hydrogens is 687 g/mol. The van der Waals surface area contributed by atoms with Crippen LogP contribution in [0.25, 0.3) is 71.6 Å². The maximum atomic E-state index is 2.48. The summed E-state index contributed by atoms with van der Waals surface area (Å²) in [5, 5.41) is 5.05. The van der Waals surface area contributed by atoms with Crippen molar-refractivity contribution in [3.05, 3.63) is 230 Å². The quantitative estimate of drug-likeness (QED) is 0.141. The first-order chi connectivity index (χ1) is 28.3. The first-order valence-corrected chi connectivity index (χ1v) is 19.9. The molecule has 0 saturated heterocycles. The molecule has 57 heavy (non-hydrogen) atoms. The van der Waals surface area contributed by atoms with Crippen LogP contribution in [0.4, 0.5) is 17.1 Å².